The molecule has 0 atom stereocenters. The monoisotopic (exact) mass is 705 g/mol. The first-order chi connectivity index (χ1) is 27.0. The molecule has 2 heterocycles. The van der Waals surface area contributed by atoms with Crippen LogP contribution in [0.15, 0.2) is 182 Å². The quantitative estimate of drug-likeness (QED) is 0.189. The van der Waals surface area contributed by atoms with Gasteiger partial charge in [0, 0.05) is 55.3 Å². The number of nitrogens with one attached hydrogen (secondary N) is 1. The summed E-state index contributed by atoms with van der Waals surface area (Å²) in [6, 6.07) is 55.7. The number of hydrogen-bond donors (Lipinski definition) is 1. The van der Waals surface area contributed by atoms with E-state index in [9.17, 15) is 0 Å². The molecule has 0 saturated heterocycles. The van der Waals surface area contributed by atoms with E-state index in [-0.39, 0.29) is 5.41 Å². The van der Waals surface area contributed by atoms with Crippen molar-refractivity contribution in [2.75, 3.05) is 5.32 Å². The third-order valence-electron chi connectivity index (χ3n) is 11.9. The van der Waals surface area contributed by atoms with Gasteiger partial charge in [-0.15, -0.1) is 0 Å². The number of anilines is 2. The lowest BCUT2D eigenvalue weighted by Gasteiger charge is -2.24. The Morgan fingerprint density at radius 2 is 1.05 bits per heavy atom. The van der Waals surface area contributed by atoms with Gasteiger partial charge in [-0.1, -0.05) is 117 Å². The average Bonchev–Trinajstić information content (AvgIpc) is 3.67. The fraction of sp³-hybridized carbons (Fsp3) is 0.0769. The van der Waals surface area contributed by atoms with Gasteiger partial charge in [-0.05, 0) is 113 Å². The molecule has 2 aromatic heterocycles. The predicted octanol–water partition coefficient (Wildman–Crippen LogP) is 13.8. The molecule has 3 heteroatoms. The van der Waals surface area contributed by atoms with Gasteiger partial charge in [0.05, 0.1) is 22.1 Å². The Morgan fingerprint density at radius 1 is 0.473 bits per heavy atom. The zero-order chi connectivity index (χ0) is 36.7. The van der Waals surface area contributed by atoms with E-state index in [0.717, 1.165) is 17.8 Å². The molecule has 1 N–H and O–H groups in total. The summed E-state index contributed by atoms with van der Waals surface area (Å²) >= 11 is 0. The Kier molecular flexibility index (Phi) is 6.96. The van der Waals surface area contributed by atoms with Crippen LogP contribution in [0.2, 0.25) is 0 Å². The SMILES string of the molecule is CC1(C)c2cc(Nc3ccc4c(c3)c3ccccc3n4-c3ccccc3)c(C3=CC=CC=CC3)cc2-c2cc3c4ccccc4n(-c4ccccc4)c3cc21. The molecule has 2 aliphatic rings. The van der Waals surface area contributed by atoms with Gasteiger partial charge in [-0.3, -0.25) is 0 Å². The second-order valence-corrected chi connectivity index (χ2v) is 15.4. The Hall–Kier alpha value is -6.84. The highest BCUT2D eigenvalue weighted by Crippen LogP contribution is 2.53. The van der Waals surface area contributed by atoms with E-state index in [1.54, 1.807) is 0 Å². The van der Waals surface area contributed by atoms with Crippen molar-refractivity contribution in [2.24, 2.45) is 0 Å². The summed E-state index contributed by atoms with van der Waals surface area (Å²) < 4.78 is 4.81. The molecule has 7 aromatic carbocycles. The number of hydrogen-bond acceptors (Lipinski definition) is 1. The van der Waals surface area contributed by atoms with E-state index >= 15 is 0 Å². The van der Waals surface area contributed by atoms with E-state index in [1.807, 2.05) is 0 Å². The predicted molar refractivity (Wildman–Crippen MR) is 233 cm³/mol. The van der Waals surface area contributed by atoms with E-state index < -0.39 is 0 Å². The van der Waals surface area contributed by atoms with Crippen LogP contribution in [0.1, 0.15) is 37.0 Å². The van der Waals surface area contributed by atoms with Crippen molar-refractivity contribution in [3.63, 3.8) is 0 Å². The molecule has 0 saturated carbocycles. The van der Waals surface area contributed by atoms with Crippen molar-refractivity contribution in [3.8, 4) is 22.5 Å². The first kappa shape index (κ1) is 31.7. The summed E-state index contributed by atoms with van der Waals surface area (Å²) in [7, 11) is 0. The highest BCUT2D eigenvalue weighted by atomic mass is 15.0. The number of para-hydroxylation sites is 4. The van der Waals surface area contributed by atoms with E-state index in [2.05, 4.69) is 210 Å². The third-order valence-corrected chi connectivity index (χ3v) is 11.9. The highest BCUT2D eigenvalue weighted by molar-refractivity contribution is 6.12. The number of benzene rings is 7. The van der Waals surface area contributed by atoms with E-state index in [4.69, 9.17) is 0 Å². The van der Waals surface area contributed by atoms with Crippen LogP contribution in [0.4, 0.5) is 11.4 Å². The normalized spacial score (nSPS) is 14.4. The molecule has 0 spiro atoms. The van der Waals surface area contributed by atoms with Crippen LogP contribution in [-0.2, 0) is 5.41 Å². The molecule has 2 aliphatic carbocycles. The average molecular weight is 706 g/mol. The van der Waals surface area contributed by atoms with Crippen molar-refractivity contribution in [3.05, 3.63) is 199 Å². The Labute approximate surface area is 320 Å². The van der Waals surface area contributed by atoms with Crippen LogP contribution in [0, 0.1) is 0 Å². The standard InChI is InChI=1S/C52H39N3/c1-52(2)45-32-47(53-35-27-28-50-43(29-35)38-23-13-15-25-48(38)54(50)36-19-9-5-10-20-36)40(34-17-7-3-4-8-18-34)30-41(45)42-31-44-39-24-14-16-26-49(39)55(51(44)33-46(42)52)37-21-11-6-12-22-37/h3-17,19-33,53H,18H2,1-2H3. The highest BCUT2D eigenvalue weighted by Gasteiger charge is 2.37. The van der Waals surface area contributed by atoms with Crippen molar-refractivity contribution in [2.45, 2.75) is 25.7 Å². The minimum absolute atomic E-state index is 0.212. The second-order valence-electron chi connectivity index (χ2n) is 15.4. The maximum Gasteiger partial charge on any atom is 0.0544 e. The summed E-state index contributed by atoms with van der Waals surface area (Å²) in [6.45, 7) is 4.78. The van der Waals surface area contributed by atoms with E-state index in [1.165, 1.54) is 88.4 Å². The lowest BCUT2D eigenvalue weighted by molar-refractivity contribution is 0.661. The van der Waals surface area contributed by atoms with Crippen LogP contribution in [0.3, 0.4) is 0 Å². The van der Waals surface area contributed by atoms with Crippen LogP contribution in [0.5, 0.6) is 0 Å². The first-order valence-electron chi connectivity index (χ1n) is 19.2. The second kappa shape index (κ2) is 12.1. The van der Waals surface area contributed by atoms with Gasteiger partial charge in [-0.2, -0.15) is 0 Å². The first-order valence-corrected chi connectivity index (χ1v) is 19.2. The number of allylic oxidation sites excluding steroid dienone is 6. The number of rotatable bonds is 5. The molecule has 0 bridgehead atoms. The van der Waals surface area contributed by atoms with E-state index in [0.29, 0.717) is 0 Å². The van der Waals surface area contributed by atoms with Gasteiger partial charge in [0.1, 0.15) is 0 Å². The minimum atomic E-state index is -0.212. The number of aromatic nitrogens is 2. The molecule has 0 amide bonds. The fourth-order valence-electron chi connectivity index (χ4n) is 9.30. The Balaban J connectivity index is 1.10. The lowest BCUT2D eigenvalue weighted by atomic mass is 9.81. The number of nitrogens with zero attached hydrogens (tertiary/aromatic N) is 2. The zero-order valence-electron chi connectivity index (χ0n) is 30.9. The topological polar surface area (TPSA) is 21.9 Å². The molecule has 0 aliphatic heterocycles. The van der Waals surface area contributed by atoms with Gasteiger partial charge >= 0.3 is 0 Å². The van der Waals surface area contributed by atoms with Crippen LogP contribution in [0.25, 0.3) is 71.7 Å². The zero-order valence-corrected chi connectivity index (χ0v) is 30.9. The third kappa shape index (κ3) is 4.83. The lowest BCUT2D eigenvalue weighted by Crippen LogP contribution is -2.15. The molecule has 262 valence electrons. The van der Waals surface area contributed by atoms with Crippen LogP contribution in [-0.4, -0.2) is 9.13 Å². The summed E-state index contributed by atoms with van der Waals surface area (Å²) in [5.41, 5.74) is 17.1. The van der Waals surface area contributed by atoms with Crippen LogP contribution < -0.4 is 5.32 Å². The van der Waals surface area contributed by atoms with Gasteiger partial charge in [0.15, 0.2) is 0 Å². The van der Waals surface area contributed by atoms with Crippen molar-refractivity contribution >= 4 is 60.6 Å². The molecular weight excluding hydrogens is 667 g/mol. The molecule has 9 aromatic rings. The van der Waals surface area contributed by atoms with Gasteiger partial charge in [0.2, 0.25) is 0 Å². The summed E-state index contributed by atoms with van der Waals surface area (Å²) in [5.74, 6) is 0. The maximum absolute atomic E-state index is 3.97. The summed E-state index contributed by atoms with van der Waals surface area (Å²) in [5, 5.41) is 9.01. The maximum atomic E-state index is 3.97. The summed E-state index contributed by atoms with van der Waals surface area (Å²) in [4.78, 5) is 0. The number of fused-ring (bicyclic) bond motifs is 9. The molecule has 0 fully saturated rings. The summed E-state index contributed by atoms with van der Waals surface area (Å²) in [6.07, 6.45) is 11.8. The van der Waals surface area contributed by atoms with Crippen molar-refractivity contribution < 1.29 is 0 Å². The molecule has 3 nitrogen and oxygen atoms in total. The Morgan fingerprint density at radius 3 is 1.76 bits per heavy atom. The van der Waals surface area contributed by atoms with Crippen LogP contribution >= 0.6 is 0 Å². The Bertz CT molecular complexity index is 3100. The largest absolute Gasteiger partial charge is 0.355 e. The molecule has 0 radical (unpaired) electrons. The molecule has 0 unspecified atom stereocenters. The van der Waals surface area contributed by atoms with Crippen molar-refractivity contribution in [1.29, 1.82) is 0 Å². The van der Waals surface area contributed by atoms with Gasteiger partial charge in [-0.25, -0.2) is 0 Å². The fourth-order valence-corrected chi connectivity index (χ4v) is 9.30. The van der Waals surface area contributed by atoms with Gasteiger partial charge < -0.3 is 14.5 Å². The molecule has 11 rings (SSSR count). The smallest absolute Gasteiger partial charge is 0.0544 e. The van der Waals surface area contributed by atoms with Crippen molar-refractivity contribution in [1.82, 2.24) is 9.13 Å². The van der Waals surface area contributed by atoms with Gasteiger partial charge in [0.25, 0.3) is 0 Å². The molecular formula is C52H39N3. The molecule has 55 heavy (non-hydrogen) atoms. The minimum Gasteiger partial charge on any atom is -0.355 e.